The number of nitrogens with zero attached hydrogens (tertiary/aromatic N) is 1. The van der Waals surface area contributed by atoms with Gasteiger partial charge in [0, 0.05) is 35.7 Å². The highest BCUT2D eigenvalue weighted by atomic mass is 79.9. The van der Waals surface area contributed by atoms with Crippen molar-refractivity contribution in [2.75, 3.05) is 19.6 Å². The van der Waals surface area contributed by atoms with Gasteiger partial charge in [0.1, 0.15) is 0 Å². The van der Waals surface area contributed by atoms with Crippen molar-refractivity contribution in [3.8, 4) is 0 Å². The Bertz CT molecular complexity index is 439. The van der Waals surface area contributed by atoms with Crippen LogP contribution >= 0.6 is 27.5 Å². The normalized spacial score (nSPS) is 20.4. The first kappa shape index (κ1) is 12.9. The van der Waals surface area contributed by atoms with E-state index in [-0.39, 0.29) is 5.91 Å². The third-order valence-corrected chi connectivity index (χ3v) is 4.06. The molecule has 1 aliphatic heterocycles. The van der Waals surface area contributed by atoms with Gasteiger partial charge in [-0.3, -0.25) is 4.79 Å². The highest BCUT2D eigenvalue weighted by Gasteiger charge is 2.21. The molecule has 1 aliphatic rings. The molecule has 5 heteroatoms. The number of amides is 1. The molecule has 1 fully saturated rings. The third kappa shape index (κ3) is 3.00. The zero-order valence-corrected chi connectivity index (χ0v) is 11.9. The number of benzene rings is 1. The van der Waals surface area contributed by atoms with Gasteiger partial charge < -0.3 is 10.2 Å². The summed E-state index contributed by atoms with van der Waals surface area (Å²) in [5, 5.41) is 3.88. The second kappa shape index (κ2) is 5.38. The van der Waals surface area contributed by atoms with E-state index in [9.17, 15) is 4.79 Å². The number of halogens is 2. The van der Waals surface area contributed by atoms with Crippen molar-refractivity contribution in [3.05, 3.63) is 33.3 Å². The number of carbonyl (C=O) groups excluding carboxylic acids is 1. The lowest BCUT2D eigenvalue weighted by Gasteiger charge is -2.32. The van der Waals surface area contributed by atoms with Crippen LogP contribution in [0.25, 0.3) is 0 Å². The molecule has 0 aromatic heterocycles. The number of carbonyl (C=O) groups is 1. The van der Waals surface area contributed by atoms with Crippen LogP contribution in [0.1, 0.15) is 17.3 Å². The summed E-state index contributed by atoms with van der Waals surface area (Å²) in [7, 11) is 0. The molecule has 1 N–H and O–H groups in total. The zero-order chi connectivity index (χ0) is 12.4. The first-order valence-electron chi connectivity index (χ1n) is 5.55. The first-order valence-corrected chi connectivity index (χ1v) is 6.72. The molecule has 0 radical (unpaired) electrons. The van der Waals surface area contributed by atoms with Crippen molar-refractivity contribution < 1.29 is 4.79 Å². The average Bonchev–Trinajstić information content (AvgIpc) is 2.32. The van der Waals surface area contributed by atoms with E-state index in [0.717, 1.165) is 24.1 Å². The summed E-state index contributed by atoms with van der Waals surface area (Å²) < 4.78 is 0.810. The van der Waals surface area contributed by atoms with Crippen LogP contribution in [-0.4, -0.2) is 36.5 Å². The monoisotopic (exact) mass is 316 g/mol. The van der Waals surface area contributed by atoms with Crippen LogP contribution in [0.2, 0.25) is 5.02 Å². The Balaban J connectivity index is 2.15. The molecule has 1 saturated heterocycles. The van der Waals surface area contributed by atoms with Gasteiger partial charge in [-0.05, 0) is 41.1 Å². The second-order valence-corrected chi connectivity index (χ2v) is 5.50. The Morgan fingerprint density at radius 3 is 3.00 bits per heavy atom. The minimum Gasteiger partial charge on any atom is -0.336 e. The van der Waals surface area contributed by atoms with Crippen LogP contribution < -0.4 is 5.32 Å². The van der Waals surface area contributed by atoms with E-state index in [1.807, 2.05) is 4.90 Å². The van der Waals surface area contributed by atoms with Gasteiger partial charge in [-0.2, -0.15) is 0 Å². The Kier molecular flexibility index (Phi) is 4.07. The molecule has 0 aliphatic carbocycles. The first-order chi connectivity index (χ1) is 8.08. The van der Waals surface area contributed by atoms with Crippen LogP contribution in [-0.2, 0) is 0 Å². The maximum atomic E-state index is 12.2. The van der Waals surface area contributed by atoms with Gasteiger partial charge in [0.15, 0.2) is 0 Å². The van der Waals surface area contributed by atoms with Crippen molar-refractivity contribution in [2.45, 2.75) is 13.0 Å². The van der Waals surface area contributed by atoms with Gasteiger partial charge in [-0.15, -0.1) is 0 Å². The SMILES string of the molecule is C[C@H]1CN(C(=O)c2ccc(Br)c(Cl)c2)CCN1. The predicted molar refractivity (Wildman–Crippen MR) is 72.5 cm³/mol. The molecule has 1 amide bonds. The molecular formula is C12H14BrClN2O. The van der Waals surface area contributed by atoms with Gasteiger partial charge in [-0.1, -0.05) is 11.6 Å². The number of hydrogen-bond acceptors (Lipinski definition) is 2. The number of piperazine rings is 1. The van der Waals surface area contributed by atoms with E-state index in [1.165, 1.54) is 0 Å². The van der Waals surface area contributed by atoms with Crippen LogP contribution in [0.15, 0.2) is 22.7 Å². The van der Waals surface area contributed by atoms with E-state index in [4.69, 9.17) is 11.6 Å². The van der Waals surface area contributed by atoms with Crippen molar-refractivity contribution in [2.24, 2.45) is 0 Å². The van der Waals surface area contributed by atoms with Gasteiger partial charge in [-0.25, -0.2) is 0 Å². The van der Waals surface area contributed by atoms with Gasteiger partial charge in [0.2, 0.25) is 0 Å². The maximum absolute atomic E-state index is 12.2. The summed E-state index contributed by atoms with van der Waals surface area (Å²) >= 11 is 9.31. The van der Waals surface area contributed by atoms with Crippen molar-refractivity contribution in [1.29, 1.82) is 0 Å². The highest BCUT2D eigenvalue weighted by Crippen LogP contribution is 2.24. The summed E-state index contributed by atoms with van der Waals surface area (Å²) in [4.78, 5) is 14.1. The fourth-order valence-corrected chi connectivity index (χ4v) is 2.36. The predicted octanol–water partition coefficient (Wildman–Crippen LogP) is 2.54. The number of nitrogens with one attached hydrogen (secondary N) is 1. The standard InChI is InChI=1S/C12H14BrClN2O/c1-8-7-16(5-4-15-8)12(17)9-2-3-10(13)11(14)6-9/h2-3,6,8,15H,4-5,7H2,1H3/t8-/m0/s1. The van der Waals surface area contributed by atoms with Crippen molar-refractivity contribution in [3.63, 3.8) is 0 Å². The molecule has 0 spiro atoms. The summed E-state index contributed by atoms with van der Waals surface area (Å²) in [5.41, 5.74) is 0.646. The quantitative estimate of drug-likeness (QED) is 0.863. The van der Waals surface area contributed by atoms with Crippen molar-refractivity contribution in [1.82, 2.24) is 10.2 Å². The van der Waals surface area contributed by atoms with Crippen LogP contribution in [0.3, 0.4) is 0 Å². The summed E-state index contributed by atoms with van der Waals surface area (Å²) in [6, 6.07) is 5.66. The summed E-state index contributed by atoms with van der Waals surface area (Å²) in [6.45, 7) is 4.41. The molecule has 17 heavy (non-hydrogen) atoms. The molecule has 92 valence electrons. The van der Waals surface area contributed by atoms with Gasteiger partial charge in [0.05, 0.1) is 5.02 Å². The lowest BCUT2D eigenvalue weighted by Crippen LogP contribution is -2.51. The maximum Gasteiger partial charge on any atom is 0.254 e. The Labute approximate surface area is 114 Å². The fraction of sp³-hybridized carbons (Fsp3) is 0.417. The number of hydrogen-bond donors (Lipinski definition) is 1. The molecule has 0 bridgehead atoms. The molecule has 0 unspecified atom stereocenters. The van der Waals surface area contributed by atoms with Crippen LogP contribution in [0, 0.1) is 0 Å². The Morgan fingerprint density at radius 1 is 1.59 bits per heavy atom. The average molecular weight is 318 g/mol. The molecule has 2 rings (SSSR count). The van der Waals surface area contributed by atoms with E-state index in [0.29, 0.717) is 16.6 Å². The molecule has 3 nitrogen and oxygen atoms in total. The fourth-order valence-electron chi connectivity index (χ4n) is 1.93. The van der Waals surface area contributed by atoms with E-state index in [1.54, 1.807) is 18.2 Å². The molecule has 1 heterocycles. The number of rotatable bonds is 1. The van der Waals surface area contributed by atoms with E-state index < -0.39 is 0 Å². The Morgan fingerprint density at radius 2 is 2.35 bits per heavy atom. The highest BCUT2D eigenvalue weighted by molar-refractivity contribution is 9.10. The summed E-state index contributed by atoms with van der Waals surface area (Å²) in [6.07, 6.45) is 0. The lowest BCUT2D eigenvalue weighted by molar-refractivity contribution is 0.0709. The summed E-state index contributed by atoms with van der Waals surface area (Å²) in [5.74, 6) is 0.0488. The van der Waals surface area contributed by atoms with E-state index in [2.05, 4.69) is 28.2 Å². The molecule has 1 aromatic carbocycles. The van der Waals surface area contributed by atoms with E-state index >= 15 is 0 Å². The van der Waals surface area contributed by atoms with Crippen molar-refractivity contribution >= 4 is 33.4 Å². The molecule has 0 saturated carbocycles. The van der Waals surface area contributed by atoms with Crippen LogP contribution in [0.5, 0.6) is 0 Å². The van der Waals surface area contributed by atoms with Gasteiger partial charge in [0.25, 0.3) is 5.91 Å². The second-order valence-electron chi connectivity index (χ2n) is 4.24. The van der Waals surface area contributed by atoms with Gasteiger partial charge >= 0.3 is 0 Å². The Hall–Kier alpha value is -0.580. The zero-order valence-electron chi connectivity index (χ0n) is 9.54. The minimum atomic E-state index is 0.0488. The van der Waals surface area contributed by atoms with Crippen LogP contribution in [0.4, 0.5) is 0 Å². The third-order valence-electron chi connectivity index (χ3n) is 2.82. The smallest absolute Gasteiger partial charge is 0.254 e. The molecular weight excluding hydrogens is 304 g/mol. The molecule has 1 atom stereocenters. The minimum absolute atomic E-state index is 0.0488. The molecule has 1 aromatic rings. The lowest BCUT2D eigenvalue weighted by atomic mass is 10.1. The topological polar surface area (TPSA) is 32.3 Å². The largest absolute Gasteiger partial charge is 0.336 e.